The minimum absolute atomic E-state index is 0.113. The third-order valence-electron chi connectivity index (χ3n) is 1.75. The van der Waals surface area contributed by atoms with Crippen LogP contribution in [0.15, 0.2) is 24.3 Å². The fourth-order valence-corrected chi connectivity index (χ4v) is 1.23. The predicted molar refractivity (Wildman–Crippen MR) is 57.6 cm³/mol. The molecule has 14 heavy (non-hydrogen) atoms. The molecule has 0 fully saturated rings. The summed E-state index contributed by atoms with van der Waals surface area (Å²) in [4.78, 5) is 10.5. The van der Waals surface area contributed by atoms with Crippen molar-refractivity contribution in [1.82, 2.24) is 0 Å². The number of benzene rings is 1. The Labute approximate surface area is 87.8 Å². The first kappa shape index (κ1) is 11.0. The molecule has 0 unspecified atom stereocenters. The van der Waals surface area contributed by atoms with Gasteiger partial charge >= 0.3 is 0 Å². The summed E-state index contributed by atoms with van der Waals surface area (Å²) in [5.74, 6) is 0. The molecule has 0 heterocycles. The fourth-order valence-electron chi connectivity index (χ4n) is 1.05. The number of aliphatic hydroxyl groups is 1. The molecule has 0 aliphatic heterocycles. The number of aldehydes is 1. The van der Waals surface area contributed by atoms with Crippen molar-refractivity contribution >= 4 is 24.0 Å². The molecule has 0 aromatic heterocycles. The van der Waals surface area contributed by atoms with Crippen molar-refractivity contribution in [2.45, 2.75) is 6.42 Å². The van der Waals surface area contributed by atoms with Crippen LogP contribution in [-0.4, -0.2) is 18.0 Å². The quantitative estimate of drug-likeness (QED) is 0.776. The summed E-state index contributed by atoms with van der Waals surface area (Å²) in [5.41, 5.74) is 1.39. The molecule has 1 aromatic carbocycles. The van der Waals surface area contributed by atoms with Crippen LogP contribution in [0.3, 0.4) is 0 Å². The Morgan fingerprint density at radius 2 is 2.21 bits per heavy atom. The molecule has 0 aliphatic rings. The third-order valence-corrected chi connectivity index (χ3v) is 2.09. The van der Waals surface area contributed by atoms with Gasteiger partial charge in [0.05, 0.1) is 0 Å². The van der Waals surface area contributed by atoms with Gasteiger partial charge < -0.3 is 5.11 Å². The smallest absolute Gasteiger partial charge is 0.150 e. The first-order chi connectivity index (χ1) is 6.77. The molecule has 1 aromatic rings. The van der Waals surface area contributed by atoms with E-state index in [4.69, 9.17) is 16.7 Å². The SMILES string of the molecule is O=Cc1ccc(Cl)c(C=CCCO)c1. The average molecular weight is 211 g/mol. The molecule has 1 N–H and O–H groups in total. The van der Waals surface area contributed by atoms with Crippen LogP contribution >= 0.6 is 11.6 Å². The van der Waals surface area contributed by atoms with Gasteiger partial charge in [0.1, 0.15) is 6.29 Å². The highest BCUT2D eigenvalue weighted by Crippen LogP contribution is 2.18. The van der Waals surface area contributed by atoms with Gasteiger partial charge in [-0.05, 0) is 24.1 Å². The number of hydrogen-bond acceptors (Lipinski definition) is 2. The van der Waals surface area contributed by atoms with Crippen LogP contribution in [0.2, 0.25) is 5.02 Å². The van der Waals surface area contributed by atoms with Crippen LogP contribution in [0.5, 0.6) is 0 Å². The number of hydrogen-bond donors (Lipinski definition) is 1. The Morgan fingerprint density at radius 3 is 2.86 bits per heavy atom. The third kappa shape index (κ3) is 2.98. The minimum Gasteiger partial charge on any atom is -0.396 e. The Balaban J connectivity index is 2.89. The Bertz CT molecular complexity index is 345. The second-order valence-electron chi connectivity index (χ2n) is 2.81. The van der Waals surface area contributed by atoms with Gasteiger partial charge in [0.25, 0.3) is 0 Å². The normalized spacial score (nSPS) is 10.7. The van der Waals surface area contributed by atoms with Crippen LogP contribution in [0.25, 0.3) is 6.08 Å². The maximum atomic E-state index is 10.5. The van der Waals surface area contributed by atoms with Crippen LogP contribution < -0.4 is 0 Å². The van der Waals surface area contributed by atoms with E-state index < -0.39 is 0 Å². The largest absolute Gasteiger partial charge is 0.396 e. The number of carbonyl (C=O) groups is 1. The molecule has 0 saturated heterocycles. The number of rotatable bonds is 4. The van der Waals surface area contributed by atoms with Crippen molar-refractivity contribution in [3.63, 3.8) is 0 Å². The first-order valence-electron chi connectivity index (χ1n) is 4.30. The van der Waals surface area contributed by atoms with Crippen LogP contribution in [-0.2, 0) is 0 Å². The van der Waals surface area contributed by atoms with E-state index >= 15 is 0 Å². The van der Waals surface area contributed by atoms with E-state index in [1.807, 2.05) is 6.08 Å². The van der Waals surface area contributed by atoms with E-state index in [0.717, 1.165) is 11.8 Å². The maximum Gasteiger partial charge on any atom is 0.150 e. The molecular weight excluding hydrogens is 200 g/mol. The molecule has 0 bridgehead atoms. The zero-order valence-electron chi connectivity index (χ0n) is 7.61. The summed E-state index contributed by atoms with van der Waals surface area (Å²) in [6, 6.07) is 5.06. The van der Waals surface area contributed by atoms with E-state index in [-0.39, 0.29) is 6.61 Å². The topological polar surface area (TPSA) is 37.3 Å². The minimum atomic E-state index is 0.113. The van der Waals surface area contributed by atoms with Crippen molar-refractivity contribution in [3.05, 3.63) is 40.4 Å². The summed E-state index contributed by atoms with van der Waals surface area (Å²) in [7, 11) is 0. The maximum absolute atomic E-state index is 10.5. The lowest BCUT2D eigenvalue weighted by atomic mass is 10.1. The van der Waals surface area contributed by atoms with Crippen molar-refractivity contribution in [3.8, 4) is 0 Å². The lowest BCUT2D eigenvalue weighted by molar-refractivity contribution is 0.112. The van der Waals surface area contributed by atoms with Gasteiger partial charge in [-0.2, -0.15) is 0 Å². The lowest BCUT2D eigenvalue weighted by Gasteiger charge is -1.98. The van der Waals surface area contributed by atoms with Gasteiger partial charge in [-0.15, -0.1) is 0 Å². The Hall–Kier alpha value is -1.12. The molecular formula is C11H11ClO2. The van der Waals surface area contributed by atoms with E-state index in [0.29, 0.717) is 17.0 Å². The Morgan fingerprint density at radius 1 is 1.43 bits per heavy atom. The van der Waals surface area contributed by atoms with Gasteiger partial charge in [-0.1, -0.05) is 29.8 Å². The zero-order chi connectivity index (χ0) is 10.4. The van der Waals surface area contributed by atoms with Crippen molar-refractivity contribution < 1.29 is 9.90 Å². The van der Waals surface area contributed by atoms with E-state index in [2.05, 4.69) is 0 Å². The fraction of sp³-hybridized carbons (Fsp3) is 0.182. The molecule has 2 nitrogen and oxygen atoms in total. The molecule has 0 radical (unpaired) electrons. The standard InChI is InChI=1S/C11H11ClO2/c12-11-5-4-9(8-14)7-10(11)3-1-2-6-13/h1,3-5,7-8,13H,2,6H2. The van der Waals surface area contributed by atoms with Crippen molar-refractivity contribution in [1.29, 1.82) is 0 Å². The highest BCUT2D eigenvalue weighted by atomic mass is 35.5. The number of carbonyl (C=O) groups excluding carboxylic acids is 1. The molecule has 0 atom stereocenters. The second kappa shape index (κ2) is 5.58. The second-order valence-corrected chi connectivity index (χ2v) is 3.22. The number of halogens is 1. The van der Waals surface area contributed by atoms with Crippen molar-refractivity contribution in [2.24, 2.45) is 0 Å². The van der Waals surface area contributed by atoms with Crippen molar-refractivity contribution in [2.75, 3.05) is 6.61 Å². The van der Waals surface area contributed by atoms with Gasteiger partial charge in [0.2, 0.25) is 0 Å². The summed E-state index contributed by atoms with van der Waals surface area (Å²) >= 11 is 5.90. The van der Waals surface area contributed by atoms with Gasteiger partial charge in [0.15, 0.2) is 0 Å². The summed E-state index contributed by atoms with van der Waals surface area (Å²) in [6.45, 7) is 0.113. The molecule has 0 aliphatic carbocycles. The van der Waals surface area contributed by atoms with Crippen LogP contribution in [0.1, 0.15) is 22.3 Å². The van der Waals surface area contributed by atoms with Gasteiger partial charge in [-0.3, -0.25) is 4.79 Å². The molecule has 0 spiro atoms. The average Bonchev–Trinajstić information content (AvgIpc) is 2.21. The highest BCUT2D eigenvalue weighted by Gasteiger charge is 1.97. The van der Waals surface area contributed by atoms with Crippen LogP contribution in [0.4, 0.5) is 0 Å². The van der Waals surface area contributed by atoms with E-state index in [1.165, 1.54) is 0 Å². The number of aliphatic hydroxyl groups excluding tert-OH is 1. The van der Waals surface area contributed by atoms with E-state index in [1.54, 1.807) is 24.3 Å². The monoisotopic (exact) mass is 210 g/mol. The van der Waals surface area contributed by atoms with Crippen LogP contribution in [0, 0.1) is 0 Å². The predicted octanol–water partition coefficient (Wildman–Crippen LogP) is 2.55. The summed E-state index contributed by atoms with van der Waals surface area (Å²) in [5, 5.41) is 9.18. The lowest BCUT2D eigenvalue weighted by Crippen LogP contribution is -1.83. The zero-order valence-corrected chi connectivity index (χ0v) is 8.37. The molecule has 0 amide bonds. The first-order valence-corrected chi connectivity index (χ1v) is 4.68. The molecule has 74 valence electrons. The van der Waals surface area contributed by atoms with Gasteiger partial charge in [0, 0.05) is 17.2 Å². The molecule has 3 heteroatoms. The summed E-state index contributed by atoms with van der Waals surface area (Å²) in [6.07, 6.45) is 4.97. The molecule has 1 rings (SSSR count). The summed E-state index contributed by atoms with van der Waals surface area (Å²) < 4.78 is 0. The highest BCUT2D eigenvalue weighted by molar-refractivity contribution is 6.32. The molecule has 0 saturated carbocycles. The van der Waals surface area contributed by atoms with E-state index in [9.17, 15) is 4.79 Å². The Kier molecular flexibility index (Phi) is 4.36. The van der Waals surface area contributed by atoms with Gasteiger partial charge in [-0.25, -0.2) is 0 Å².